The zero-order valence-electron chi connectivity index (χ0n) is 40.8. The Morgan fingerprint density at radius 2 is 1.75 bits per heavy atom. The second-order valence-electron chi connectivity index (χ2n) is 19.4. The first-order valence-corrected chi connectivity index (χ1v) is 24.9. The summed E-state index contributed by atoms with van der Waals surface area (Å²) in [5.74, 6) is -1.09. The highest BCUT2D eigenvalue weighted by atomic mass is 32.1. The van der Waals surface area contributed by atoms with Gasteiger partial charge in [-0.1, -0.05) is 45.0 Å². The molecule has 6 N–H and O–H groups in total. The maximum atomic E-state index is 14.0. The molecule has 2 saturated heterocycles. The molecule has 0 aliphatic carbocycles. The number of aryl methyl sites for hydroxylation is 1. The van der Waals surface area contributed by atoms with Gasteiger partial charge in [-0.3, -0.25) is 33.6 Å². The number of anilines is 1. The van der Waals surface area contributed by atoms with Crippen LogP contribution in [-0.4, -0.2) is 139 Å². The van der Waals surface area contributed by atoms with Gasteiger partial charge in [-0.2, -0.15) is 5.10 Å². The number of aliphatic hydroxyl groups is 1. The third-order valence-electron chi connectivity index (χ3n) is 12.9. The first kappa shape index (κ1) is 50.8. The summed E-state index contributed by atoms with van der Waals surface area (Å²) in [6, 6.07) is 17.4. The number of thiazole rings is 1. The van der Waals surface area contributed by atoms with E-state index in [1.807, 2.05) is 55.5 Å². The van der Waals surface area contributed by atoms with Crippen molar-refractivity contribution in [2.24, 2.45) is 5.41 Å². The zero-order chi connectivity index (χ0) is 50.2. The minimum Gasteiger partial charge on any atom is -0.391 e. The van der Waals surface area contributed by atoms with E-state index < -0.39 is 41.3 Å². The molecule has 71 heavy (non-hydrogen) atoms. The molecule has 376 valence electrons. The number of likely N-dealkylation sites (tertiary alicyclic amines) is 2. The van der Waals surface area contributed by atoms with E-state index in [0.29, 0.717) is 23.8 Å². The second kappa shape index (κ2) is 22.7. The Labute approximate surface area is 416 Å². The molecule has 2 aliphatic rings. The fourth-order valence-electron chi connectivity index (χ4n) is 9.03. The molecule has 20 heteroatoms. The summed E-state index contributed by atoms with van der Waals surface area (Å²) in [6.45, 7) is 11.8. The highest BCUT2D eigenvalue weighted by molar-refractivity contribution is 7.13. The quantitative estimate of drug-likeness (QED) is 0.0579. The average molecular weight is 990 g/mol. The van der Waals surface area contributed by atoms with Crippen LogP contribution in [-0.2, 0) is 48.3 Å². The number of aliphatic hydroxyl groups excluding tert-OH is 1. The highest BCUT2D eigenvalue weighted by Crippen LogP contribution is 2.29. The maximum absolute atomic E-state index is 14.0. The van der Waals surface area contributed by atoms with Gasteiger partial charge in [-0.25, -0.2) is 9.97 Å². The van der Waals surface area contributed by atoms with E-state index in [1.54, 1.807) is 60.6 Å². The summed E-state index contributed by atoms with van der Waals surface area (Å²) in [6.07, 6.45) is 3.26. The summed E-state index contributed by atoms with van der Waals surface area (Å²) in [7, 11) is 0. The molecule has 0 radical (unpaired) electrons. The van der Waals surface area contributed by atoms with Crippen LogP contribution in [0.15, 0.2) is 72.4 Å². The van der Waals surface area contributed by atoms with Gasteiger partial charge in [0.15, 0.2) is 0 Å². The van der Waals surface area contributed by atoms with Crippen molar-refractivity contribution in [2.75, 3.05) is 51.4 Å². The van der Waals surface area contributed by atoms with Crippen LogP contribution in [0.5, 0.6) is 0 Å². The van der Waals surface area contributed by atoms with E-state index >= 15 is 0 Å². The Balaban J connectivity index is 0.720. The number of β-amino-alcohol motifs (C(OH)–C–C–N with tert-alkyl or cyclic N) is 1. The van der Waals surface area contributed by atoms with E-state index in [1.165, 1.54) is 17.7 Å². The Hall–Kier alpha value is -6.58. The predicted octanol–water partition coefficient (Wildman–Crippen LogP) is 4.54. The van der Waals surface area contributed by atoms with Crippen LogP contribution in [0.1, 0.15) is 74.4 Å². The number of fused-ring (bicyclic) bond motifs is 2. The summed E-state index contributed by atoms with van der Waals surface area (Å²) in [5, 5.41) is 27.3. The first-order valence-electron chi connectivity index (χ1n) is 24.1. The average Bonchev–Trinajstić information content (AvgIpc) is 4.20. The Morgan fingerprint density at radius 3 is 2.46 bits per heavy atom. The fraction of sp³-hybridized carbons (Fsp3) is 0.451. The van der Waals surface area contributed by atoms with Gasteiger partial charge in [0.05, 0.1) is 71.2 Å². The molecule has 19 nitrogen and oxygen atoms in total. The number of carbonyl (C=O) groups excluding carboxylic acids is 5. The Kier molecular flexibility index (Phi) is 16.2. The Bertz CT molecular complexity index is 2850. The van der Waals surface area contributed by atoms with E-state index in [2.05, 4.69) is 48.2 Å². The normalized spacial score (nSPS) is 17.7. The van der Waals surface area contributed by atoms with Gasteiger partial charge in [0.1, 0.15) is 31.1 Å². The van der Waals surface area contributed by atoms with Crippen molar-refractivity contribution >= 4 is 68.5 Å². The molecule has 2 aliphatic heterocycles. The number of aromatic amines is 1. The summed E-state index contributed by atoms with van der Waals surface area (Å²) >= 11 is 1.56. The van der Waals surface area contributed by atoms with E-state index in [4.69, 9.17) is 14.5 Å². The predicted molar refractivity (Wildman–Crippen MR) is 269 cm³/mol. The SMILES string of the molecule is Cc1ncsc1-c1ccc(CNC(=O)[C@@H]2C[C@@H](O)CN2C(=O)C(NC(=O)COCCOCC(=O)NCCn2ncc3cc(C(=O)Nc4ccc5nc(CN6CCC[C@@H]6C)[nH]c5c4)ccc32)C(C)(C)C)cc1. The van der Waals surface area contributed by atoms with Crippen molar-refractivity contribution in [3.05, 3.63) is 95.0 Å². The van der Waals surface area contributed by atoms with Crippen LogP contribution < -0.4 is 21.3 Å². The summed E-state index contributed by atoms with van der Waals surface area (Å²) in [5.41, 5.74) is 7.61. The lowest BCUT2D eigenvalue weighted by Crippen LogP contribution is -2.58. The second-order valence-corrected chi connectivity index (χ2v) is 20.2. The molecule has 2 fully saturated rings. The molecule has 0 spiro atoms. The number of H-pyrrole nitrogens is 1. The van der Waals surface area contributed by atoms with Crippen molar-refractivity contribution in [3.63, 3.8) is 0 Å². The van der Waals surface area contributed by atoms with E-state index in [-0.39, 0.29) is 64.3 Å². The molecule has 0 saturated carbocycles. The van der Waals surface area contributed by atoms with Crippen molar-refractivity contribution in [3.8, 4) is 10.4 Å². The number of ether oxygens (including phenoxy) is 2. The summed E-state index contributed by atoms with van der Waals surface area (Å²) in [4.78, 5) is 83.5. The molecule has 4 atom stereocenters. The maximum Gasteiger partial charge on any atom is 0.255 e. The summed E-state index contributed by atoms with van der Waals surface area (Å²) < 4.78 is 12.7. The lowest BCUT2D eigenvalue weighted by atomic mass is 9.85. The fourth-order valence-corrected chi connectivity index (χ4v) is 9.84. The monoisotopic (exact) mass is 989 g/mol. The number of imidazole rings is 1. The third kappa shape index (κ3) is 12.9. The number of nitrogens with zero attached hydrogens (tertiary/aromatic N) is 6. The van der Waals surface area contributed by atoms with Gasteiger partial charge in [0, 0.05) is 48.7 Å². The minimum absolute atomic E-state index is 0.0149. The minimum atomic E-state index is -1.01. The van der Waals surface area contributed by atoms with Gasteiger partial charge in [0.25, 0.3) is 5.91 Å². The zero-order valence-corrected chi connectivity index (χ0v) is 41.6. The molecule has 5 amide bonds. The van der Waals surface area contributed by atoms with Crippen molar-refractivity contribution in [1.29, 1.82) is 0 Å². The van der Waals surface area contributed by atoms with Crippen LogP contribution in [0.25, 0.3) is 32.4 Å². The number of benzene rings is 3. The van der Waals surface area contributed by atoms with Crippen molar-refractivity contribution in [2.45, 2.75) is 97.7 Å². The van der Waals surface area contributed by atoms with E-state index in [0.717, 1.165) is 62.5 Å². The molecule has 6 aromatic rings. The number of carbonyl (C=O) groups is 5. The molecule has 8 rings (SSSR count). The molecular weight excluding hydrogens is 927 g/mol. The lowest BCUT2D eigenvalue weighted by molar-refractivity contribution is -0.144. The number of nitrogens with one attached hydrogen (secondary N) is 5. The van der Waals surface area contributed by atoms with Crippen LogP contribution in [0.4, 0.5) is 5.69 Å². The number of rotatable bonds is 20. The number of hydrogen-bond donors (Lipinski definition) is 6. The molecule has 5 heterocycles. The van der Waals surface area contributed by atoms with E-state index in [9.17, 15) is 29.1 Å². The van der Waals surface area contributed by atoms with Crippen LogP contribution in [0, 0.1) is 12.3 Å². The first-order chi connectivity index (χ1) is 34.1. The Morgan fingerprint density at radius 1 is 0.972 bits per heavy atom. The highest BCUT2D eigenvalue weighted by Gasteiger charge is 2.44. The van der Waals surface area contributed by atoms with Crippen molar-refractivity contribution < 1.29 is 38.6 Å². The van der Waals surface area contributed by atoms with Crippen molar-refractivity contribution in [1.82, 2.24) is 50.5 Å². The van der Waals surface area contributed by atoms with Gasteiger partial charge in [-0.05, 0) is 86.2 Å². The lowest BCUT2D eigenvalue weighted by Gasteiger charge is -2.35. The smallest absolute Gasteiger partial charge is 0.255 e. The molecule has 3 aromatic carbocycles. The van der Waals surface area contributed by atoms with Gasteiger partial charge >= 0.3 is 0 Å². The van der Waals surface area contributed by atoms with Gasteiger partial charge in [-0.15, -0.1) is 11.3 Å². The largest absolute Gasteiger partial charge is 0.391 e. The molecular formula is C51H63N11O8S. The molecule has 0 bridgehead atoms. The van der Waals surface area contributed by atoms with Gasteiger partial charge < -0.3 is 45.7 Å². The van der Waals surface area contributed by atoms with Crippen LogP contribution >= 0.6 is 11.3 Å². The van der Waals surface area contributed by atoms with Gasteiger partial charge in [0.2, 0.25) is 23.6 Å². The van der Waals surface area contributed by atoms with Crippen LogP contribution in [0.2, 0.25) is 0 Å². The molecule has 3 aromatic heterocycles. The number of aromatic nitrogens is 5. The standard InChI is InChI=1S/C51H63N11O8S/c1-31-7-6-17-60(31)27-43-57-39-14-13-37(22-40(39)58-43)56-48(66)35-12-15-41-36(21-35)25-55-62(41)18-16-52-44(64)28-69-19-20-70-29-45(65)59-47(51(3,4)5)50(68)61-26-38(63)23-42(61)49(67)53-24-33-8-10-34(11-9-33)46-32(2)54-30-71-46/h8-15,21-22,25,30-31,38,42,47,63H,6-7,16-20,23-24,26-29H2,1-5H3,(H,52,64)(H,53,67)(H,56,66)(H,57,58)(H,59,65)/t31-,38+,42-,47?/m0/s1. The number of amides is 5. The van der Waals surface area contributed by atoms with Crippen LogP contribution in [0.3, 0.4) is 0 Å². The molecule has 1 unspecified atom stereocenters. The topological polar surface area (TPSA) is 238 Å². The number of hydrogen-bond acceptors (Lipinski definition) is 13. The third-order valence-corrected chi connectivity index (χ3v) is 13.9.